The third kappa shape index (κ3) is 3.60. The molecule has 0 spiro atoms. The maximum Gasteiger partial charge on any atom is 0.0700 e. The Bertz CT molecular complexity index is 307. The Kier molecular flexibility index (Phi) is 4.94. The van der Waals surface area contributed by atoms with E-state index >= 15 is 0 Å². The lowest BCUT2D eigenvalue weighted by Gasteiger charge is -2.25. The van der Waals surface area contributed by atoms with Gasteiger partial charge in [0.1, 0.15) is 0 Å². The van der Waals surface area contributed by atoms with Crippen molar-refractivity contribution in [2.24, 2.45) is 0 Å². The first kappa shape index (κ1) is 13.2. The van der Waals surface area contributed by atoms with Crippen LogP contribution in [0.4, 0.5) is 0 Å². The molecule has 1 atom stereocenters. The molecule has 1 heterocycles. The first-order chi connectivity index (χ1) is 7.63. The van der Waals surface area contributed by atoms with Crippen molar-refractivity contribution in [2.45, 2.75) is 58.5 Å². The fourth-order valence-corrected chi connectivity index (χ4v) is 1.96. The molecule has 1 N–H and O–H groups in total. The van der Waals surface area contributed by atoms with E-state index in [9.17, 15) is 5.11 Å². The van der Waals surface area contributed by atoms with Crippen molar-refractivity contribution in [1.82, 2.24) is 4.98 Å². The average molecular weight is 221 g/mol. The summed E-state index contributed by atoms with van der Waals surface area (Å²) in [7, 11) is 0. The van der Waals surface area contributed by atoms with Crippen LogP contribution >= 0.6 is 0 Å². The second kappa shape index (κ2) is 6.00. The monoisotopic (exact) mass is 221 g/mol. The molecule has 0 radical (unpaired) electrons. The molecule has 1 rings (SSSR count). The van der Waals surface area contributed by atoms with Gasteiger partial charge in [0.15, 0.2) is 0 Å². The highest BCUT2D eigenvalue weighted by Gasteiger charge is 2.24. The van der Waals surface area contributed by atoms with Crippen LogP contribution in [0.3, 0.4) is 0 Å². The van der Waals surface area contributed by atoms with Crippen molar-refractivity contribution in [1.29, 1.82) is 0 Å². The van der Waals surface area contributed by atoms with E-state index in [4.69, 9.17) is 0 Å². The van der Waals surface area contributed by atoms with E-state index in [1.165, 1.54) is 5.56 Å². The minimum Gasteiger partial charge on any atom is -0.389 e. The zero-order valence-electron chi connectivity index (χ0n) is 10.7. The molecular weight excluding hydrogens is 198 g/mol. The molecule has 0 saturated heterocycles. The lowest BCUT2D eigenvalue weighted by atomic mass is 9.89. The molecule has 0 aliphatic carbocycles. The fraction of sp³-hybridized carbons (Fsp3) is 0.643. The van der Waals surface area contributed by atoms with Gasteiger partial charge in [0.25, 0.3) is 0 Å². The molecular formula is C14H23NO. The van der Waals surface area contributed by atoms with Crippen LogP contribution < -0.4 is 0 Å². The Morgan fingerprint density at radius 1 is 1.25 bits per heavy atom. The molecule has 0 fully saturated rings. The molecule has 0 bridgehead atoms. The van der Waals surface area contributed by atoms with Crippen LogP contribution in [0, 0.1) is 0 Å². The first-order valence-corrected chi connectivity index (χ1v) is 6.29. The van der Waals surface area contributed by atoms with E-state index in [2.05, 4.69) is 24.9 Å². The largest absolute Gasteiger partial charge is 0.389 e. The molecule has 0 amide bonds. The minimum atomic E-state index is -0.574. The van der Waals surface area contributed by atoms with Crippen molar-refractivity contribution >= 4 is 0 Å². The molecule has 0 aliphatic rings. The lowest BCUT2D eigenvalue weighted by Crippen LogP contribution is -2.30. The SMILES string of the molecule is CCCC(O)(CC)Cc1ccc(CC)cn1. The van der Waals surface area contributed by atoms with Crippen molar-refractivity contribution in [3.8, 4) is 0 Å². The van der Waals surface area contributed by atoms with E-state index in [1.807, 2.05) is 19.2 Å². The molecule has 0 aromatic carbocycles. The Morgan fingerprint density at radius 3 is 2.44 bits per heavy atom. The van der Waals surface area contributed by atoms with E-state index in [0.717, 1.165) is 31.4 Å². The molecule has 0 aliphatic heterocycles. The van der Waals surface area contributed by atoms with Crippen LogP contribution in [-0.2, 0) is 12.8 Å². The van der Waals surface area contributed by atoms with Gasteiger partial charge >= 0.3 is 0 Å². The van der Waals surface area contributed by atoms with Gasteiger partial charge in [0.05, 0.1) is 5.60 Å². The van der Waals surface area contributed by atoms with E-state index in [0.29, 0.717) is 6.42 Å². The third-order valence-electron chi connectivity index (χ3n) is 3.18. The van der Waals surface area contributed by atoms with Gasteiger partial charge in [-0.2, -0.15) is 0 Å². The van der Waals surface area contributed by atoms with E-state index in [1.54, 1.807) is 0 Å². The van der Waals surface area contributed by atoms with Crippen molar-refractivity contribution in [3.05, 3.63) is 29.6 Å². The molecule has 2 nitrogen and oxygen atoms in total. The summed E-state index contributed by atoms with van der Waals surface area (Å²) in [5.74, 6) is 0. The third-order valence-corrected chi connectivity index (χ3v) is 3.18. The zero-order chi connectivity index (χ0) is 12.0. The second-order valence-electron chi connectivity index (χ2n) is 4.52. The van der Waals surface area contributed by atoms with Crippen LogP contribution in [0.15, 0.2) is 18.3 Å². The van der Waals surface area contributed by atoms with Gasteiger partial charge < -0.3 is 5.11 Å². The van der Waals surface area contributed by atoms with Crippen LogP contribution in [0.25, 0.3) is 0 Å². The summed E-state index contributed by atoms with van der Waals surface area (Å²) in [6.07, 6.45) is 6.25. The molecule has 1 aromatic rings. The van der Waals surface area contributed by atoms with Gasteiger partial charge in [-0.15, -0.1) is 0 Å². The molecule has 1 aromatic heterocycles. The van der Waals surface area contributed by atoms with Crippen molar-refractivity contribution in [3.63, 3.8) is 0 Å². The van der Waals surface area contributed by atoms with Gasteiger partial charge in [-0.05, 0) is 30.9 Å². The maximum atomic E-state index is 10.4. The summed E-state index contributed by atoms with van der Waals surface area (Å²) < 4.78 is 0. The highest BCUT2D eigenvalue weighted by Crippen LogP contribution is 2.21. The molecule has 90 valence electrons. The number of rotatable bonds is 6. The van der Waals surface area contributed by atoms with Gasteiger partial charge in [0, 0.05) is 18.3 Å². The van der Waals surface area contributed by atoms with Gasteiger partial charge in [-0.25, -0.2) is 0 Å². The first-order valence-electron chi connectivity index (χ1n) is 6.29. The number of hydrogen-bond donors (Lipinski definition) is 1. The second-order valence-corrected chi connectivity index (χ2v) is 4.52. The van der Waals surface area contributed by atoms with Crippen molar-refractivity contribution in [2.75, 3.05) is 0 Å². The van der Waals surface area contributed by atoms with Crippen LogP contribution in [-0.4, -0.2) is 15.7 Å². The summed E-state index contributed by atoms with van der Waals surface area (Å²) in [4.78, 5) is 4.40. The highest BCUT2D eigenvalue weighted by atomic mass is 16.3. The molecule has 2 heteroatoms. The summed E-state index contributed by atoms with van der Waals surface area (Å²) in [5.41, 5.74) is 1.67. The highest BCUT2D eigenvalue weighted by molar-refractivity contribution is 5.15. The van der Waals surface area contributed by atoms with Crippen LogP contribution in [0.5, 0.6) is 0 Å². The number of aromatic nitrogens is 1. The van der Waals surface area contributed by atoms with Crippen LogP contribution in [0.1, 0.15) is 51.3 Å². The summed E-state index contributed by atoms with van der Waals surface area (Å²) in [6, 6.07) is 4.14. The van der Waals surface area contributed by atoms with Gasteiger partial charge in [0.2, 0.25) is 0 Å². The van der Waals surface area contributed by atoms with Gasteiger partial charge in [-0.3, -0.25) is 4.98 Å². The number of nitrogens with zero attached hydrogens (tertiary/aromatic N) is 1. The summed E-state index contributed by atoms with van der Waals surface area (Å²) in [6.45, 7) is 6.26. The van der Waals surface area contributed by atoms with Crippen LogP contribution in [0.2, 0.25) is 0 Å². The number of aryl methyl sites for hydroxylation is 1. The Balaban J connectivity index is 2.70. The lowest BCUT2D eigenvalue weighted by molar-refractivity contribution is 0.0262. The number of pyridine rings is 1. The fourth-order valence-electron chi connectivity index (χ4n) is 1.96. The summed E-state index contributed by atoms with van der Waals surface area (Å²) in [5, 5.41) is 10.4. The smallest absolute Gasteiger partial charge is 0.0700 e. The predicted octanol–water partition coefficient (Wildman–Crippen LogP) is 3.13. The topological polar surface area (TPSA) is 33.1 Å². The normalized spacial score (nSPS) is 14.8. The quantitative estimate of drug-likeness (QED) is 0.800. The molecule has 16 heavy (non-hydrogen) atoms. The predicted molar refractivity (Wildman–Crippen MR) is 67.5 cm³/mol. The Labute approximate surface area is 98.7 Å². The minimum absolute atomic E-state index is 0.574. The molecule has 1 unspecified atom stereocenters. The van der Waals surface area contributed by atoms with Crippen molar-refractivity contribution < 1.29 is 5.11 Å². The zero-order valence-corrected chi connectivity index (χ0v) is 10.7. The number of aliphatic hydroxyl groups is 1. The standard InChI is InChI=1S/C14H23NO/c1-4-9-14(16,6-3)10-13-8-7-12(5-2)11-15-13/h7-8,11,16H,4-6,9-10H2,1-3H3. The van der Waals surface area contributed by atoms with Gasteiger partial charge in [-0.1, -0.05) is 33.3 Å². The number of hydrogen-bond acceptors (Lipinski definition) is 2. The Hall–Kier alpha value is -0.890. The van der Waals surface area contributed by atoms with E-state index in [-0.39, 0.29) is 0 Å². The molecule has 0 saturated carbocycles. The van der Waals surface area contributed by atoms with E-state index < -0.39 is 5.60 Å². The maximum absolute atomic E-state index is 10.4. The summed E-state index contributed by atoms with van der Waals surface area (Å²) >= 11 is 0. The average Bonchev–Trinajstić information content (AvgIpc) is 2.30. The Morgan fingerprint density at radius 2 is 2.00 bits per heavy atom.